The van der Waals surface area contributed by atoms with Crippen molar-refractivity contribution < 1.29 is 8.42 Å². The zero-order valence-electron chi connectivity index (χ0n) is 8.71. The lowest BCUT2D eigenvalue weighted by Crippen LogP contribution is -2.14. The molecular formula is C10H15NO2S2. The van der Waals surface area contributed by atoms with E-state index in [4.69, 9.17) is 5.73 Å². The highest BCUT2D eigenvalue weighted by Gasteiger charge is 2.18. The Kier molecular flexibility index (Phi) is 3.81. The van der Waals surface area contributed by atoms with Crippen LogP contribution in [-0.4, -0.2) is 13.7 Å². The predicted octanol–water partition coefficient (Wildman–Crippen LogP) is 1.76. The first-order chi connectivity index (χ1) is 6.85. The van der Waals surface area contributed by atoms with Crippen molar-refractivity contribution in [1.29, 1.82) is 0 Å². The Balaban J connectivity index is 3.10. The van der Waals surface area contributed by atoms with Crippen LogP contribution in [0.25, 0.3) is 0 Å². The zero-order valence-corrected chi connectivity index (χ0v) is 10.4. The summed E-state index contributed by atoms with van der Waals surface area (Å²) in [5.41, 5.74) is 6.35. The maximum absolute atomic E-state index is 11.8. The van der Waals surface area contributed by atoms with Crippen molar-refractivity contribution >= 4 is 22.5 Å². The second kappa shape index (κ2) is 4.55. The summed E-state index contributed by atoms with van der Waals surface area (Å²) in [5.74, 6) is 0. The Morgan fingerprint density at radius 1 is 1.20 bits per heavy atom. The van der Waals surface area contributed by atoms with Crippen LogP contribution in [-0.2, 0) is 9.84 Å². The van der Waals surface area contributed by atoms with Gasteiger partial charge < -0.3 is 5.73 Å². The fraction of sp³-hybridized carbons (Fsp3) is 0.400. The summed E-state index contributed by atoms with van der Waals surface area (Å²) in [7, 11) is -3.19. The number of hydrogen-bond donors (Lipinski definition) is 2. The fourth-order valence-corrected chi connectivity index (χ4v) is 2.36. The first-order valence-electron chi connectivity index (χ1n) is 4.63. The number of benzene rings is 1. The highest BCUT2D eigenvalue weighted by Crippen LogP contribution is 2.19. The molecule has 0 bridgehead atoms. The van der Waals surface area contributed by atoms with Crippen LogP contribution in [0.1, 0.15) is 24.8 Å². The first kappa shape index (κ1) is 12.5. The average molecular weight is 245 g/mol. The molecule has 0 aromatic heterocycles. The van der Waals surface area contributed by atoms with Crippen molar-refractivity contribution in [2.24, 2.45) is 5.73 Å². The minimum absolute atomic E-state index is 0.329. The number of thiol groups is 1. The smallest absolute Gasteiger partial charge is 0.180 e. The largest absolute Gasteiger partial charge is 0.316 e. The maximum atomic E-state index is 11.8. The second-order valence-corrected chi connectivity index (χ2v) is 6.67. The molecule has 0 saturated heterocycles. The van der Waals surface area contributed by atoms with E-state index in [0.29, 0.717) is 4.90 Å². The molecule has 0 fully saturated rings. The molecule has 0 aliphatic rings. The maximum Gasteiger partial charge on any atom is 0.180 e. The Morgan fingerprint density at radius 3 is 2.00 bits per heavy atom. The minimum Gasteiger partial charge on any atom is -0.316 e. The summed E-state index contributed by atoms with van der Waals surface area (Å²) < 4.78 is 23.5. The second-order valence-electron chi connectivity index (χ2n) is 3.61. The lowest BCUT2D eigenvalue weighted by molar-refractivity contribution is 0.587. The molecule has 1 rings (SSSR count). The third-order valence-electron chi connectivity index (χ3n) is 2.17. The molecule has 84 valence electrons. The molecule has 5 heteroatoms. The number of rotatable bonds is 3. The average Bonchev–Trinajstić information content (AvgIpc) is 2.17. The Morgan fingerprint density at radius 2 is 1.67 bits per heavy atom. The third kappa shape index (κ3) is 2.74. The highest BCUT2D eigenvalue weighted by molar-refractivity contribution is 7.92. The van der Waals surface area contributed by atoms with E-state index in [-0.39, 0.29) is 5.37 Å². The zero-order chi connectivity index (χ0) is 11.6. The minimum atomic E-state index is -3.19. The molecule has 1 unspecified atom stereocenters. The molecule has 3 nitrogen and oxygen atoms in total. The number of sulfone groups is 1. The molecular weight excluding hydrogens is 230 g/mol. The van der Waals surface area contributed by atoms with Crippen molar-refractivity contribution in [2.75, 3.05) is 0 Å². The van der Waals surface area contributed by atoms with Gasteiger partial charge in [-0.3, -0.25) is 0 Å². The van der Waals surface area contributed by atoms with Gasteiger partial charge in [-0.05, 0) is 31.5 Å². The van der Waals surface area contributed by atoms with Crippen molar-refractivity contribution in [3.63, 3.8) is 0 Å². The highest BCUT2D eigenvalue weighted by atomic mass is 32.2. The van der Waals surface area contributed by atoms with Gasteiger partial charge in [0.2, 0.25) is 0 Å². The van der Waals surface area contributed by atoms with Crippen molar-refractivity contribution in [2.45, 2.75) is 29.4 Å². The SMILES string of the molecule is CC(C)S(=O)(=O)c1ccc(C(N)S)cc1. The summed E-state index contributed by atoms with van der Waals surface area (Å²) >= 11 is 4.06. The Labute approximate surface area is 96.0 Å². The van der Waals surface area contributed by atoms with Gasteiger partial charge in [-0.1, -0.05) is 12.1 Å². The van der Waals surface area contributed by atoms with Gasteiger partial charge in [0.15, 0.2) is 9.84 Å². The molecule has 0 saturated carbocycles. The van der Waals surface area contributed by atoms with Crippen LogP contribution < -0.4 is 5.73 Å². The molecule has 0 aliphatic carbocycles. The molecule has 0 heterocycles. The molecule has 1 atom stereocenters. The lowest BCUT2D eigenvalue weighted by Gasteiger charge is -2.09. The van der Waals surface area contributed by atoms with Crippen molar-refractivity contribution in [3.8, 4) is 0 Å². The molecule has 0 radical (unpaired) electrons. The Hall–Kier alpha value is -0.520. The first-order valence-corrected chi connectivity index (χ1v) is 6.69. The van der Waals surface area contributed by atoms with Gasteiger partial charge in [0.05, 0.1) is 15.5 Å². The summed E-state index contributed by atoms with van der Waals surface area (Å²) in [6.45, 7) is 3.32. The van der Waals surface area contributed by atoms with Gasteiger partial charge in [0, 0.05) is 0 Å². The number of nitrogens with two attached hydrogens (primary N) is 1. The van der Waals surface area contributed by atoms with Crippen LogP contribution in [0.5, 0.6) is 0 Å². The lowest BCUT2D eigenvalue weighted by atomic mass is 10.2. The van der Waals surface area contributed by atoms with E-state index in [1.54, 1.807) is 38.1 Å². The van der Waals surface area contributed by atoms with Gasteiger partial charge in [-0.2, -0.15) is 12.6 Å². The Bertz CT molecular complexity index is 421. The number of hydrogen-bond acceptors (Lipinski definition) is 4. The summed E-state index contributed by atoms with van der Waals surface area (Å²) in [6.07, 6.45) is 0. The third-order valence-corrected chi connectivity index (χ3v) is 4.64. The molecule has 0 amide bonds. The topological polar surface area (TPSA) is 60.2 Å². The van der Waals surface area contributed by atoms with Gasteiger partial charge >= 0.3 is 0 Å². The van der Waals surface area contributed by atoms with E-state index in [1.165, 1.54) is 0 Å². The van der Waals surface area contributed by atoms with Crippen LogP contribution in [0.15, 0.2) is 29.2 Å². The van der Waals surface area contributed by atoms with E-state index in [1.807, 2.05) is 0 Å². The summed E-state index contributed by atoms with van der Waals surface area (Å²) in [6, 6.07) is 6.52. The van der Waals surface area contributed by atoms with Crippen LogP contribution in [0.4, 0.5) is 0 Å². The van der Waals surface area contributed by atoms with Gasteiger partial charge in [0.1, 0.15) is 0 Å². The summed E-state index contributed by atoms with van der Waals surface area (Å²) in [4.78, 5) is 0.329. The van der Waals surface area contributed by atoms with Crippen LogP contribution in [0.2, 0.25) is 0 Å². The molecule has 2 N–H and O–H groups in total. The quantitative estimate of drug-likeness (QED) is 0.630. The van der Waals surface area contributed by atoms with Crippen LogP contribution in [0.3, 0.4) is 0 Å². The van der Waals surface area contributed by atoms with Gasteiger partial charge in [0.25, 0.3) is 0 Å². The molecule has 15 heavy (non-hydrogen) atoms. The van der Waals surface area contributed by atoms with Gasteiger partial charge in [-0.25, -0.2) is 8.42 Å². The normalized spacial score (nSPS) is 14.2. The van der Waals surface area contributed by atoms with Crippen molar-refractivity contribution in [1.82, 2.24) is 0 Å². The molecule has 1 aromatic rings. The molecule has 1 aromatic carbocycles. The predicted molar refractivity (Wildman–Crippen MR) is 64.7 cm³/mol. The summed E-state index contributed by atoms with van der Waals surface area (Å²) in [5, 5.41) is -0.783. The van der Waals surface area contributed by atoms with E-state index in [9.17, 15) is 8.42 Å². The van der Waals surface area contributed by atoms with E-state index >= 15 is 0 Å². The van der Waals surface area contributed by atoms with Gasteiger partial charge in [-0.15, -0.1) is 0 Å². The van der Waals surface area contributed by atoms with E-state index < -0.39 is 15.1 Å². The van der Waals surface area contributed by atoms with E-state index in [0.717, 1.165) is 5.56 Å². The standard InChI is InChI=1S/C10H15NO2S2/c1-7(2)15(12,13)9-5-3-8(4-6-9)10(11)14/h3-7,10,14H,11H2,1-2H3. The van der Waals surface area contributed by atoms with Crippen molar-refractivity contribution in [3.05, 3.63) is 29.8 Å². The van der Waals surface area contributed by atoms with Crippen LogP contribution >= 0.6 is 12.6 Å². The fourth-order valence-electron chi connectivity index (χ4n) is 1.13. The monoisotopic (exact) mass is 245 g/mol. The molecule has 0 spiro atoms. The van der Waals surface area contributed by atoms with E-state index in [2.05, 4.69) is 12.6 Å². The molecule has 0 aliphatic heterocycles. The van der Waals surface area contributed by atoms with Crippen LogP contribution in [0, 0.1) is 0 Å².